The van der Waals surface area contributed by atoms with E-state index in [-0.39, 0.29) is 6.04 Å². The average Bonchev–Trinajstić information content (AvgIpc) is 2.92. The van der Waals surface area contributed by atoms with Crippen LogP contribution in [-0.4, -0.2) is 18.5 Å². The quantitative estimate of drug-likeness (QED) is 0.789. The van der Waals surface area contributed by atoms with Gasteiger partial charge in [0.05, 0.1) is 9.83 Å². The number of hydrogen-bond donors (Lipinski definition) is 1. The summed E-state index contributed by atoms with van der Waals surface area (Å²) >= 11 is 10.5. The SMILES string of the molecule is CN(Cc1ccsc1)C(CN)c1cc(Br)c(Br)s1. The Morgan fingerprint density at radius 1 is 1.44 bits per heavy atom. The van der Waals surface area contributed by atoms with Crippen molar-refractivity contribution in [1.29, 1.82) is 0 Å². The van der Waals surface area contributed by atoms with Gasteiger partial charge in [-0.15, -0.1) is 11.3 Å². The molecule has 0 aliphatic carbocycles. The van der Waals surface area contributed by atoms with Crippen molar-refractivity contribution < 1.29 is 0 Å². The van der Waals surface area contributed by atoms with E-state index >= 15 is 0 Å². The van der Waals surface area contributed by atoms with Crippen molar-refractivity contribution in [3.8, 4) is 0 Å². The van der Waals surface area contributed by atoms with E-state index in [4.69, 9.17) is 5.73 Å². The molecule has 2 rings (SSSR count). The first-order valence-corrected chi connectivity index (χ1v) is 8.82. The van der Waals surface area contributed by atoms with E-state index in [1.807, 2.05) is 0 Å². The highest BCUT2D eigenvalue weighted by molar-refractivity contribution is 9.13. The van der Waals surface area contributed by atoms with Crippen molar-refractivity contribution in [2.45, 2.75) is 12.6 Å². The molecule has 2 aromatic heterocycles. The lowest BCUT2D eigenvalue weighted by Gasteiger charge is -2.25. The number of thiophene rings is 2. The third kappa shape index (κ3) is 3.43. The molecule has 0 aliphatic heterocycles. The Hall–Kier alpha value is 0.280. The van der Waals surface area contributed by atoms with E-state index < -0.39 is 0 Å². The maximum Gasteiger partial charge on any atom is 0.0843 e. The molecular weight excluding hydrogens is 396 g/mol. The van der Waals surface area contributed by atoms with E-state index in [0.717, 1.165) is 14.8 Å². The van der Waals surface area contributed by atoms with Crippen LogP contribution < -0.4 is 5.73 Å². The zero-order chi connectivity index (χ0) is 13.1. The van der Waals surface area contributed by atoms with Crippen molar-refractivity contribution in [2.75, 3.05) is 13.6 Å². The minimum atomic E-state index is 0.262. The number of likely N-dealkylation sites (N-methyl/N-ethyl adjacent to an activating group) is 1. The number of halogens is 2. The lowest BCUT2D eigenvalue weighted by Crippen LogP contribution is -2.29. The fourth-order valence-corrected chi connectivity index (χ4v) is 4.75. The van der Waals surface area contributed by atoms with E-state index in [1.165, 1.54) is 10.4 Å². The average molecular weight is 410 g/mol. The fourth-order valence-electron chi connectivity index (χ4n) is 1.82. The van der Waals surface area contributed by atoms with Gasteiger partial charge in [0.1, 0.15) is 0 Å². The zero-order valence-electron chi connectivity index (χ0n) is 9.90. The Morgan fingerprint density at radius 3 is 2.72 bits per heavy atom. The van der Waals surface area contributed by atoms with Gasteiger partial charge in [0.25, 0.3) is 0 Å². The monoisotopic (exact) mass is 408 g/mol. The normalized spacial score (nSPS) is 13.2. The molecule has 98 valence electrons. The van der Waals surface area contributed by atoms with Crippen molar-refractivity contribution in [2.24, 2.45) is 5.73 Å². The Bertz CT molecular complexity index is 477. The molecule has 0 spiro atoms. The molecule has 0 aromatic carbocycles. The molecule has 0 bridgehead atoms. The molecule has 18 heavy (non-hydrogen) atoms. The van der Waals surface area contributed by atoms with E-state index in [0.29, 0.717) is 6.54 Å². The van der Waals surface area contributed by atoms with Crippen molar-refractivity contribution >= 4 is 54.5 Å². The first kappa shape index (κ1) is 14.7. The lowest BCUT2D eigenvalue weighted by molar-refractivity contribution is 0.245. The summed E-state index contributed by atoms with van der Waals surface area (Å²) in [6, 6.07) is 4.57. The second-order valence-electron chi connectivity index (χ2n) is 4.07. The van der Waals surface area contributed by atoms with Gasteiger partial charge in [-0.05, 0) is 67.4 Å². The highest BCUT2D eigenvalue weighted by Crippen LogP contribution is 2.37. The van der Waals surface area contributed by atoms with Crippen LogP contribution in [0.1, 0.15) is 16.5 Å². The van der Waals surface area contributed by atoms with Gasteiger partial charge in [-0.2, -0.15) is 11.3 Å². The molecule has 0 amide bonds. The van der Waals surface area contributed by atoms with Gasteiger partial charge in [-0.25, -0.2) is 0 Å². The Balaban J connectivity index is 2.12. The molecule has 0 fully saturated rings. The van der Waals surface area contributed by atoms with Crippen molar-refractivity contribution in [3.63, 3.8) is 0 Å². The van der Waals surface area contributed by atoms with E-state index in [9.17, 15) is 0 Å². The fraction of sp³-hybridized carbons (Fsp3) is 0.333. The number of nitrogens with two attached hydrogens (primary N) is 1. The standard InChI is InChI=1S/C12H14Br2N2S2/c1-16(6-8-2-3-17-7-8)10(5-15)11-4-9(13)12(14)18-11/h2-4,7,10H,5-6,15H2,1H3. The molecular formula is C12H14Br2N2S2. The van der Waals surface area contributed by atoms with Crippen LogP contribution in [0.15, 0.2) is 31.2 Å². The molecule has 2 heterocycles. The Labute approximate surface area is 132 Å². The summed E-state index contributed by atoms with van der Waals surface area (Å²) in [6.07, 6.45) is 0. The van der Waals surface area contributed by atoms with Crippen LogP contribution in [0.25, 0.3) is 0 Å². The van der Waals surface area contributed by atoms with Crippen LogP contribution in [0.5, 0.6) is 0 Å². The first-order valence-electron chi connectivity index (χ1n) is 5.48. The Morgan fingerprint density at radius 2 is 2.22 bits per heavy atom. The van der Waals surface area contributed by atoms with E-state index in [1.54, 1.807) is 22.7 Å². The van der Waals surface area contributed by atoms with Crippen LogP contribution in [0.2, 0.25) is 0 Å². The summed E-state index contributed by atoms with van der Waals surface area (Å²) in [6.45, 7) is 1.55. The molecule has 2 nitrogen and oxygen atoms in total. The lowest BCUT2D eigenvalue weighted by atomic mass is 10.2. The minimum absolute atomic E-state index is 0.262. The summed E-state index contributed by atoms with van der Waals surface area (Å²) in [5.74, 6) is 0. The summed E-state index contributed by atoms with van der Waals surface area (Å²) in [4.78, 5) is 3.58. The zero-order valence-corrected chi connectivity index (χ0v) is 14.7. The number of nitrogens with zero attached hydrogens (tertiary/aromatic N) is 1. The van der Waals surface area contributed by atoms with Gasteiger partial charge in [-0.3, -0.25) is 4.90 Å². The van der Waals surface area contributed by atoms with Crippen molar-refractivity contribution in [3.05, 3.63) is 41.6 Å². The van der Waals surface area contributed by atoms with Crippen LogP contribution in [-0.2, 0) is 6.54 Å². The highest BCUT2D eigenvalue weighted by atomic mass is 79.9. The number of rotatable bonds is 5. The molecule has 0 saturated carbocycles. The number of hydrogen-bond acceptors (Lipinski definition) is 4. The largest absolute Gasteiger partial charge is 0.329 e. The minimum Gasteiger partial charge on any atom is -0.329 e. The third-order valence-electron chi connectivity index (χ3n) is 2.76. The van der Waals surface area contributed by atoms with Gasteiger partial charge < -0.3 is 5.73 Å². The van der Waals surface area contributed by atoms with Crippen LogP contribution >= 0.6 is 54.5 Å². The van der Waals surface area contributed by atoms with Crippen LogP contribution in [0, 0.1) is 0 Å². The smallest absolute Gasteiger partial charge is 0.0843 e. The molecule has 1 atom stereocenters. The summed E-state index contributed by atoms with van der Waals surface area (Å²) in [5.41, 5.74) is 7.27. The molecule has 0 saturated heterocycles. The summed E-state index contributed by atoms with van der Waals surface area (Å²) < 4.78 is 2.23. The molecule has 0 radical (unpaired) electrons. The van der Waals surface area contributed by atoms with Crippen molar-refractivity contribution in [1.82, 2.24) is 4.90 Å². The van der Waals surface area contributed by atoms with Gasteiger partial charge in [0.2, 0.25) is 0 Å². The molecule has 6 heteroatoms. The predicted molar refractivity (Wildman–Crippen MR) is 87.3 cm³/mol. The predicted octanol–water partition coefficient (Wildman–Crippen LogP) is 4.47. The second kappa shape index (κ2) is 6.63. The highest BCUT2D eigenvalue weighted by Gasteiger charge is 2.19. The second-order valence-corrected chi connectivity index (χ2v) is 8.10. The third-order valence-corrected chi connectivity index (χ3v) is 6.85. The molecule has 2 N–H and O–H groups in total. The van der Waals surface area contributed by atoms with Crippen LogP contribution in [0.4, 0.5) is 0 Å². The van der Waals surface area contributed by atoms with Gasteiger partial charge in [0.15, 0.2) is 0 Å². The van der Waals surface area contributed by atoms with Gasteiger partial charge in [0, 0.05) is 22.4 Å². The summed E-state index contributed by atoms with van der Waals surface area (Å²) in [7, 11) is 2.12. The topological polar surface area (TPSA) is 29.3 Å². The van der Waals surface area contributed by atoms with Crippen LogP contribution in [0.3, 0.4) is 0 Å². The van der Waals surface area contributed by atoms with Gasteiger partial charge >= 0.3 is 0 Å². The first-order chi connectivity index (χ1) is 8.61. The maximum absolute atomic E-state index is 5.93. The summed E-state index contributed by atoms with van der Waals surface area (Å²) in [5, 5.41) is 4.29. The molecule has 0 aliphatic rings. The van der Waals surface area contributed by atoms with E-state index in [2.05, 4.69) is 66.7 Å². The van der Waals surface area contributed by atoms with Gasteiger partial charge in [-0.1, -0.05) is 0 Å². The molecule has 2 aromatic rings. The molecule has 1 unspecified atom stereocenters. The maximum atomic E-state index is 5.93. The Kier molecular flexibility index (Phi) is 5.41.